The molecule has 1 aliphatic carbocycles. The van der Waals surface area contributed by atoms with E-state index in [-0.39, 0.29) is 5.75 Å². The number of thioether (sulfide) groups is 1. The van der Waals surface area contributed by atoms with Gasteiger partial charge in [-0.3, -0.25) is 10.1 Å². The molecule has 0 aliphatic heterocycles. The van der Waals surface area contributed by atoms with E-state index in [1.165, 1.54) is 11.8 Å². The lowest BCUT2D eigenvalue weighted by atomic mass is 10.0. The summed E-state index contributed by atoms with van der Waals surface area (Å²) >= 11 is 1.25. The van der Waals surface area contributed by atoms with E-state index in [0.29, 0.717) is 29.9 Å². The second kappa shape index (κ2) is 7.69. The molecule has 3 nitrogen and oxygen atoms in total. The van der Waals surface area contributed by atoms with Crippen molar-refractivity contribution >= 4 is 17.7 Å². The minimum atomic E-state index is -4.92. The summed E-state index contributed by atoms with van der Waals surface area (Å²) in [5.41, 5.74) is -0.831. The lowest BCUT2D eigenvalue weighted by Crippen LogP contribution is -2.46. The molecule has 2 atom stereocenters. The Morgan fingerprint density at radius 2 is 2.00 bits per heavy atom. The lowest BCUT2D eigenvalue weighted by molar-refractivity contribution is -0.163. The van der Waals surface area contributed by atoms with Crippen molar-refractivity contribution in [3.8, 4) is 0 Å². The zero-order valence-electron chi connectivity index (χ0n) is 12.4. The van der Waals surface area contributed by atoms with E-state index in [1.807, 2.05) is 5.32 Å². The van der Waals surface area contributed by atoms with E-state index >= 15 is 0 Å². The van der Waals surface area contributed by atoms with E-state index in [9.17, 15) is 26.7 Å². The van der Waals surface area contributed by atoms with Gasteiger partial charge in [-0.1, -0.05) is 6.07 Å². The molecule has 24 heavy (non-hydrogen) atoms. The van der Waals surface area contributed by atoms with Gasteiger partial charge in [0.05, 0.1) is 0 Å². The number of hydrogen-bond donors (Lipinski definition) is 2. The third kappa shape index (κ3) is 5.34. The van der Waals surface area contributed by atoms with E-state index in [4.69, 9.17) is 5.11 Å². The Kier molecular flexibility index (Phi) is 6.08. The highest BCUT2D eigenvalue weighted by Crippen LogP contribution is 2.35. The third-order valence-corrected chi connectivity index (χ3v) is 4.88. The first-order chi connectivity index (χ1) is 11.2. The van der Waals surface area contributed by atoms with Crippen LogP contribution < -0.4 is 5.32 Å². The van der Waals surface area contributed by atoms with E-state index < -0.39 is 41.4 Å². The minimum Gasteiger partial charge on any atom is -0.480 e. The molecule has 1 unspecified atom stereocenters. The largest absolute Gasteiger partial charge is 0.480 e. The van der Waals surface area contributed by atoms with Crippen LogP contribution in [-0.2, 0) is 4.79 Å². The number of halogens is 5. The summed E-state index contributed by atoms with van der Waals surface area (Å²) in [4.78, 5) is 11.2. The van der Waals surface area contributed by atoms with Gasteiger partial charge in [-0.2, -0.15) is 24.9 Å². The Hall–Kier alpha value is -1.35. The smallest absolute Gasteiger partial charge is 0.408 e. The van der Waals surface area contributed by atoms with Gasteiger partial charge in [-0.15, -0.1) is 0 Å². The van der Waals surface area contributed by atoms with Gasteiger partial charge in [0.25, 0.3) is 0 Å². The van der Waals surface area contributed by atoms with Crippen LogP contribution in [0.3, 0.4) is 0 Å². The second-order valence-electron chi connectivity index (χ2n) is 5.68. The average Bonchev–Trinajstić information content (AvgIpc) is 3.26. The summed E-state index contributed by atoms with van der Waals surface area (Å²) in [5, 5.41) is 11.1. The number of nitrogens with one attached hydrogen (secondary N) is 1. The standard InChI is InChI=1S/C15H16F5NO2S/c16-9-3-4-10(11(17)5-9)13(15(18,19)20)21-12(14(22)23)7-24-6-8-1-2-8/h3-5,8,12-13,21H,1-2,6-7H2,(H,22,23)/t12?,13-/m1/s1. The van der Waals surface area contributed by atoms with Gasteiger partial charge >= 0.3 is 12.1 Å². The van der Waals surface area contributed by atoms with Crippen molar-refractivity contribution in [3.05, 3.63) is 35.4 Å². The number of carboxylic acids is 1. The van der Waals surface area contributed by atoms with Gasteiger partial charge < -0.3 is 5.11 Å². The molecular formula is C15H16F5NO2S. The van der Waals surface area contributed by atoms with Crippen molar-refractivity contribution in [3.63, 3.8) is 0 Å². The van der Waals surface area contributed by atoms with Crippen LogP contribution in [0.5, 0.6) is 0 Å². The Balaban J connectivity index is 2.14. The number of benzene rings is 1. The van der Waals surface area contributed by atoms with Crippen molar-refractivity contribution in [2.24, 2.45) is 5.92 Å². The molecule has 0 spiro atoms. The monoisotopic (exact) mass is 369 g/mol. The number of rotatable bonds is 8. The van der Waals surface area contributed by atoms with Crippen molar-refractivity contribution in [2.45, 2.75) is 31.1 Å². The first-order valence-corrected chi connectivity index (χ1v) is 8.42. The lowest BCUT2D eigenvalue weighted by Gasteiger charge is -2.26. The van der Waals surface area contributed by atoms with Crippen LogP contribution in [0.25, 0.3) is 0 Å². The molecular weight excluding hydrogens is 353 g/mol. The number of hydrogen-bond acceptors (Lipinski definition) is 3. The maximum Gasteiger partial charge on any atom is 0.408 e. The molecule has 0 heterocycles. The highest BCUT2D eigenvalue weighted by molar-refractivity contribution is 7.99. The Bertz CT molecular complexity index is 592. The van der Waals surface area contributed by atoms with Crippen molar-refractivity contribution < 1.29 is 31.9 Å². The maximum absolute atomic E-state index is 13.7. The number of aliphatic carboxylic acids is 1. The number of carbonyl (C=O) groups is 1. The van der Waals surface area contributed by atoms with E-state index in [1.54, 1.807) is 0 Å². The molecule has 0 amide bonds. The fourth-order valence-corrected chi connectivity index (χ4v) is 3.40. The predicted octanol–water partition coefficient (Wildman–Crippen LogP) is 3.75. The van der Waals surface area contributed by atoms with Crippen LogP contribution in [0.15, 0.2) is 18.2 Å². The number of carboxylic acid groups (broad SMARTS) is 1. The topological polar surface area (TPSA) is 49.3 Å². The zero-order valence-corrected chi connectivity index (χ0v) is 13.3. The quantitative estimate of drug-likeness (QED) is 0.685. The Labute approximate surface area is 139 Å². The Morgan fingerprint density at radius 1 is 1.33 bits per heavy atom. The summed E-state index contributed by atoms with van der Waals surface area (Å²) < 4.78 is 66.4. The molecule has 1 saturated carbocycles. The van der Waals surface area contributed by atoms with Gasteiger partial charge in [0, 0.05) is 17.4 Å². The summed E-state index contributed by atoms with van der Waals surface area (Å²) in [5.74, 6) is -2.71. The van der Waals surface area contributed by atoms with E-state index in [0.717, 1.165) is 12.8 Å². The summed E-state index contributed by atoms with van der Waals surface area (Å²) in [6, 6.07) is -2.30. The van der Waals surface area contributed by atoms with E-state index in [2.05, 4.69) is 0 Å². The molecule has 2 N–H and O–H groups in total. The fourth-order valence-electron chi connectivity index (χ4n) is 2.13. The van der Waals surface area contributed by atoms with Crippen molar-refractivity contribution in [1.82, 2.24) is 5.32 Å². The summed E-state index contributed by atoms with van der Waals surface area (Å²) in [6.45, 7) is 0. The molecule has 1 aliphatic rings. The first kappa shape index (κ1) is 19.0. The van der Waals surface area contributed by atoms with Crippen molar-refractivity contribution in [2.75, 3.05) is 11.5 Å². The SMILES string of the molecule is O=C(O)C(CSCC1CC1)N[C@H](c1ccc(F)cc1F)C(F)(F)F. The second-order valence-corrected chi connectivity index (χ2v) is 6.75. The normalized spacial score (nSPS) is 17.5. The maximum atomic E-state index is 13.7. The fraction of sp³-hybridized carbons (Fsp3) is 0.533. The molecule has 1 aromatic carbocycles. The molecule has 134 valence electrons. The molecule has 2 rings (SSSR count). The Morgan fingerprint density at radius 3 is 2.50 bits per heavy atom. The molecule has 0 saturated heterocycles. The molecule has 9 heteroatoms. The molecule has 1 fully saturated rings. The molecule has 0 radical (unpaired) electrons. The summed E-state index contributed by atoms with van der Waals surface area (Å²) in [7, 11) is 0. The zero-order chi connectivity index (χ0) is 17.9. The van der Waals surface area contributed by atoms with Crippen LogP contribution in [-0.4, -0.2) is 34.8 Å². The van der Waals surface area contributed by atoms with Gasteiger partial charge in [-0.05, 0) is 30.6 Å². The van der Waals surface area contributed by atoms with Crippen LogP contribution in [0.2, 0.25) is 0 Å². The highest BCUT2D eigenvalue weighted by atomic mass is 32.2. The van der Waals surface area contributed by atoms with Crippen LogP contribution in [0, 0.1) is 17.6 Å². The molecule has 0 aromatic heterocycles. The predicted molar refractivity (Wildman–Crippen MR) is 79.8 cm³/mol. The highest BCUT2D eigenvalue weighted by Gasteiger charge is 2.44. The first-order valence-electron chi connectivity index (χ1n) is 7.26. The third-order valence-electron chi connectivity index (χ3n) is 3.60. The molecule has 1 aromatic rings. The van der Waals surface area contributed by atoms with Crippen LogP contribution >= 0.6 is 11.8 Å². The minimum absolute atomic E-state index is 0.0682. The van der Waals surface area contributed by atoms with Gasteiger partial charge in [-0.25, -0.2) is 8.78 Å². The van der Waals surface area contributed by atoms with Crippen LogP contribution in [0.4, 0.5) is 22.0 Å². The van der Waals surface area contributed by atoms with Crippen molar-refractivity contribution in [1.29, 1.82) is 0 Å². The molecule has 0 bridgehead atoms. The van der Waals surface area contributed by atoms with Crippen LogP contribution in [0.1, 0.15) is 24.4 Å². The summed E-state index contributed by atoms with van der Waals surface area (Å²) in [6.07, 6.45) is -2.83. The van der Waals surface area contributed by atoms with Gasteiger partial charge in [0.1, 0.15) is 23.7 Å². The van der Waals surface area contributed by atoms with Gasteiger partial charge in [0.15, 0.2) is 0 Å². The average molecular weight is 369 g/mol. The number of alkyl halides is 3. The van der Waals surface area contributed by atoms with Gasteiger partial charge in [0.2, 0.25) is 0 Å².